The second-order valence-corrected chi connectivity index (χ2v) is 6.10. The third-order valence-electron chi connectivity index (χ3n) is 3.02. The molecule has 1 saturated heterocycles. The van der Waals surface area contributed by atoms with E-state index in [1.54, 1.807) is 0 Å². The van der Waals surface area contributed by atoms with Gasteiger partial charge in [0.25, 0.3) is 0 Å². The summed E-state index contributed by atoms with van der Waals surface area (Å²) in [5.74, 6) is 0. The standard InChI is InChI=1S/C11H18N4O2S/c12-10-3-4-13-9-11(10)18(16,17)14-5-8-15-6-1-2-7-15/h3-4,9,14H,1-2,5-8H2,(H2,12,13). The summed E-state index contributed by atoms with van der Waals surface area (Å²) in [6.07, 6.45) is 5.14. The molecular formula is C11H18N4O2S. The lowest BCUT2D eigenvalue weighted by Gasteiger charge is -2.15. The molecule has 0 spiro atoms. The maximum absolute atomic E-state index is 12.0. The summed E-state index contributed by atoms with van der Waals surface area (Å²) >= 11 is 0. The van der Waals surface area contributed by atoms with Crippen LogP contribution in [0.25, 0.3) is 0 Å². The molecule has 2 heterocycles. The molecule has 6 nitrogen and oxygen atoms in total. The van der Waals surface area contributed by atoms with Gasteiger partial charge in [0.05, 0.1) is 5.69 Å². The first-order valence-electron chi connectivity index (χ1n) is 6.01. The van der Waals surface area contributed by atoms with Crippen LogP contribution in [0.1, 0.15) is 12.8 Å². The van der Waals surface area contributed by atoms with E-state index in [0.717, 1.165) is 19.6 Å². The summed E-state index contributed by atoms with van der Waals surface area (Å²) in [7, 11) is -3.55. The zero-order valence-electron chi connectivity index (χ0n) is 10.2. The number of nitrogens with zero attached hydrogens (tertiary/aromatic N) is 2. The molecule has 0 aliphatic carbocycles. The molecule has 2 rings (SSSR count). The van der Waals surface area contributed by atoms with Gasteiger partial charge in [-0.15, -0.1) is 0 Å². The van der Waals surface area contributed by atoms with E-state index < -0.39 is 10.0 Å². The van der Waals surface area contributed by atoms with Crippen LogP contribution in [0.15, 0.2) is 23.4 Å². The Kier molecular flexibility index (Phi) is 4.15. The minimum Gasteiger partial charge on any atom is -0.398 e. The Labute approximate surface area is 107 Å². The first-order valence-corrected chi connectivity index (χ1v) is 7.49. The molecule has 1 aromatic heterocycles. The third-order valence-corrected chi connectivity index (χ3v) is 4.53. The molecule has 0 radical (unpaired) electrons. The summed E-state index contributed by atoms with van der Waals surface area (Å²) in [6.45, 7) is 3.24. The minimum absolute atomic E-state index is 0.0476. The number of aromatic nitrogens is 1. The van der Waals surface area contributed by atoms with Crippen molar-refractivity contribution in [2.45, 2.75) is 17.7 Å². The molecule has 1 aliphatic rings. The maximum atomic E-state index is 12.0. The first-order chi connectivity index (χ1) is 8.59. The maximum Gasteiger partial charge on any atom is 0.244 e. The molecule has 0 atom stereocenters. The molecule has 7 heteroatoms. The van der Waals surface area contributed by atoms with Crippen LogP contribution in [0.5, 0.6) is 0 Å². The topological polar surface area (TPSA) is 88.3 Å². The Hall–Kier alpha value is -1.18. The highest BCUT2D eigenvalue weighted by Crippen LogP contribution is 2.15. The number of nitrogen functional groups attached to an aromatic ring is 1. The van der Waals surface area contributed by atoms with Gasteiger partial charge in [-0.05, 0) is 32.0 Å². The van der Waals surface area contributed by atoms with Crippen LogP contribution in [0.2, 0.25) is 0 Å². The number of rotatable bonds is 5. The molecule has 1 fully saturated rings. The van der Waals surface area contributed by atoms with Gasteiger partial charge in [-0.3, -0.25) is 4.98 Å². The van der Waals surface area contributed by atoms with Crippen molar-refractivity contribution >= 4 is 15.7 Å². The van der Waals surface area contributed by atoms with Crippen LogP contribution in [0, 0.1) is 0 Å². The normalized spacial score (nSPS) is 17.1. The summed E-state index contributed by atoms with van der Waals surface area (Å²) in [4.78, 5) is 6.08. The number of pyridine rings is 1. The van der Waals surface area contributed by atoms with Crippen molar-refractivity contribution in [1.29, 1.82) is 0 Å². The van der Waals surface area contributed by atoms with Gasteiger partial charge in [0, 0.05) is 25.5 Å². The van der Waals surface area contributed by atoms with Crippen molar-refractivity contribution in [2.75, 3.05) is 31.9 Å². The molecular weight excluding hydrogens is 252 g/mol. The molecule has 0 aromatic carbocycles. The Morgan fingerprint density at radius 3 is 2.78 bits per heavy atom. The van der Waals surface area contributed by atoms with Crippen molar-refractivity contribution in [3.63, 3.8) is 0 Å². The predicted molar refractivity (Wildman–Crippen MR) is 69.5 cm³/mol. The predicted octanol–water partition coefficient (Wildman–Crippen LogP) is 0.0379. The smallest absolute Gasteiger partial charge is 0.244 e. The van der Waals surface area contributed by atoms with Crippen LogP contribution in [0.3, 0.4) is 0 Å². The van der Waals surface area contributed by atoms with E-state index in [4.69, 9.17) is 5.73 Å². The molecule has 0 saturated carbocycles. The number of likely N-dealkylation sites (tertiary alicyclic amines) is 1. The first kappa shape index (κ1) is 13.3. The summed E-state index contributed by atoms with van der Waals surface area (Å²) in [5.41, 5.74) is 5.85. The summed E-state index contributed by atoms with van der Waals surface area (Å²) < 4.78 is 26.5. The zero-order valence-corrected chi connectivity index (χ0v) is 11.0. The Bertz CT molecular complexity index is 498. The molecule has 18 heavy (non-hydrogen) atoms. The Morgan fingerprint density at radius 2 is 2.11 bits per heavy atom. The second-order valence-electron chi connectivity index (χ2n) is 4.36. The van der Waals surface area contributed by atoms with Gasteiger partial charge in [-0.2, -0.15) is 0 Å². The van der Waals surface area contributed by atoms with Crippen LogP contribution >= 0.6 is 0 Å². The van der Waals surface area contributed by atoms with Gasteiger partial charge in [0.15, 0.2) is 0 Å². The van der Waals surface area contributed by atoms with Crippen LogP contribution in [-0.4, -0.2) is 44.5 Å². The number of anilines is 1. The van der Waals surface area contributed by atoms with E-state index in [9.17, 15) is 8.42 Å². The van der Waals surface area contributed by atoms with E-state index in [2.05, 4.69) is 14.6 Å². The SMILES string of the molecule is Nc1ccncc1S(=O)(=O)NCCN1CCCC1. The average Bonchev–Trinajstić information content (AvgIpc) is 2.82. The summed E-state index contributed by atoms with van der Waals surface area (Å²) in [5, 5.41) is 0. The van der Waals surface area contributed by atoms with Crippen LogP contribution < -0.4 is 10.5 Å². The second kappa shape index (κ2) is 5.64. The molecule has 3 N–H and O–H groups in total. The van der Waals surface area contributed by atoms with Crippen LogP contribution in [-0.2, 0) is 10.0 Å². The molecule has 100 valence electrons. The fourth-order valence-electron chi connectivity index (χ4n) is 2.04. The van der Waals surface area contributed by atoms with Gasteiger partial charge in [0.2, 0.25) is 10.0 Å². The van der Waals surface area contributed by atoms with Crippen LogP contribution in [0.4, 0.5) is 5.69 Å². The van der Waals surface area contributed by atoms with E-state index in [0.29, 0.717) is 6.54 Å². The van der Waals surface area contributed by atoms with Crippen molar-refractivity contribution < 1.29 is 8.42 Å². The molecule has 1 aliphatic heterocycles. The zero-order chi connectivity index (χ0) is 13.0. The lowest BCUT2D eigenvalue weighted by Crippen LogP contribution is -2.33. The van der Waals surface area contributed by atoms with Crippen molar-refractivity contribution in [3.8, 4) is 0 Å². The lowest BCUT2D eigenvalue weighted by atomic mass is 10.4. The summed E-state index contributed by atoms with van der Waals surface area (Å²) in [6, 6.07) is 1.48. The highest BCUT2D eigenvalue weighted by Gasteiger charge is 2.18. The van der Waals surface area contributed by atoms with Gasteiger partial charge in [0.1, 0.15) is 4.90 Å². The van der Waals surface area contributed by atoms with Gasteiger partial charge in [-0.1, -0.05) is 0 Å². The minimum atomic E-state index is -3.55. The highest BCUT2D eigenvalue weighted by atomic mass is 32.2. The molecule has 0 bridgehead atoms. The Balaban J connectivity index is 1.93. The van der Waals surface area contributed by atoms with Gasteiger partial charge >= 0.3 is 0 Å². The van der Waals surface area contributed by atoms with E-state index in [1.165, 1.54) is 31.3 Å². The van der Waals surface area contributed by atoms with E-state index in [-0.39, 0.29) is 10.6 Å². The average molecular weight is 270 g/mol. The van der Waals surface area contributed by atoms with Crippen molar-refractivity contribution in [1.82, 2.24) is 14.6 Å². The largest absolute Gasteiger partial charge is 0.398 e. The molecule has 1 aromatic rings. The third kappa shape index (κ3) is 3.18. The fraction of sp³-hybridized carbons (Fsp3) is 0.545. The molecule has 0 amide bonds. The van der Waals surface area contributed by atoms with E-state index in [1.807, 2.05) is 0 Å². The number of nitrogens with one attached hydrogen (secondary N) is 1. The lowest BCUT2D eigenvalue weighted by molar-refractivity contribution is 0.344. The van der Waals surface area contributed by atoms with Gasteiger partial charge < -0.3 is 10.6 Å². The molecule has 0 unspecified atom stereocenters. The van der Waals surface area contributed by atoms with Gasteiger partial charge in [-0.25, -0.2) is 13.1 Å². The fourth-order valence-corrected chi connectivity index (χ4v) is 3.13. The van der Waals surface area contributed by atoms with Crippen molar-refractivity contribution in [2.24, 2.45) is 0 Å². The number of sulfonamides is 1. The number of hydrogen-bond donors (Lipinski definition) is 2. The quantitative estimate of drug-likeness (QED) is 0.788. The highest BCUT2D eigenvalue weighted by molar-refractivity contribution is 7.89. The van der Waals surface area contributed by atoms with E-state index >= 15 is 0 Å². The van der Waals surface area contributed by atoms with Crippen molar-refractivity contribution in [3.05, 3.63) is 18.5 Å². The number of nitrogens with two attached hydrogens (primary N) is 1. The number of hydrogen-bond acceptors (Lipinski definition) is 5. The monoisotopic (exact) mass is 270 g/mol. The Morgan fingerprint density at radius 1 is 1.39 bits per heavy atom.